The van der Waals surface area contributed by atoms with E-state index < -0.39 is 18.8 Å². The predicted octanol–water partition coefficient (Wildman–Crippen LogP) is 2.23. The first-order valence-corrected chi connectivity index (χ1v) is 5.16. The quantitative estimate of drug-likeness (QED) is 0.754. The Labute approximate surface area is 96.3 Å². The molecule has 90 valence electrons. The maximum atomic E-state index is 13.6. The summed E-state index contributed by atoms with van der Waals surface area (Å²) in [5.74, 6) is -0.698. The fraction of sp³-hybridized carbons (Fsp3) is 0.556. The van der Waals surface area contributed by atoms with Crippen molar-refractivity contribution in [3.8, 4) is 0 Å². The van der Waals surface area contributed by atoms with Gasteiger partial charge in [-0.25, -0.2) is 23.1 Å². The highest BCUT2D eigenvalue weighted by atomic mass is 35.5. The van der Waals surface area contributed by atoms with E-state index >= 15 is 0 Å². The van der Waals surface area contributed by atoms with Crippen LogP contribution in [0.2, 0.25) is 0 Å². The van der Waals surface area contributed by atoms with E-state index in [1.54, 1.807) is 0 Å². The highest BCUT2D eigenvalue weighted by Gasteiger charge is 2.18. The van der Waals surface area contributed by atoms with E-state index in [9.17, 15) is 13.2 Å². The Morgan fingerprint density at radius 1 is 1.44 bits per heavy atom. The number of aryl methyl sites for hydroxylation is 1. The Balaban J connectivity index is 2.96. The summed E-state index contributed by atoms with van der Waals surface area (Å²) in [6, 6.07) is 0. The van der Waals surface area contributed by atoms with Gasteiger partial charge >= 0.3 is 0 Å². The van der Waals surface area contributed by atoms with Crippen LogP contribution >= 0.6 is 11.6 Å². The summed E-state index contributed by atoms with van der Waals surface area (Å²) in [5, 5.41) is 0. The second-order valence-electron chi connectivity index (χ2n) is 3.12. The normalized spacial score (nSPS) is 10.9. The molecule has 1 rings (SSSR count). The number of alkyl halides is 3. The van der Waals surface area contributed by atoms with Crippen LogP contribution in [0.5, 0.6) is 0 Å². The van der Waals surface area contributed by atoms with E-state index in [4.69, 9.17) is 11.6 Å². The first-order valence-electron chi connectivity index (χ1n) is 4.62. The van der Waals surface area contributed by atoms with Gasteiger partial charge in [0.1, 0.15) is 6.33 Å². The zero-order valence-electron chi connectivity index (χ0n) is 8.63. The minimum Gasteiger partial charge on any atom is -0.347 e. The van der Waals surface area contributed by atoms with Crippen LogP contribution in [0.1, 0.15) is 5.69 Å². The number of halogens is 4. The second kappa shape index (κ2) is 5.89. The third-order valence-corrected chi connectivity index (χ3v) is 2.13. The van der Waals surface area contributed by atoms with Crippen LogP contribution in [-0.4, -0.2) is 35.4 Å². The Kier molecular flexibility index (Phi) is 4.79. The zero-order valence-corrected chi connectivity index (χ0v) is 9.39. The lowest BCUT2D eigenvalue weighted by molar-refractivity contribution is 0.154. The minimum atomic E-state index is -2.57. The molecule has 0 atom stereocenters. The summed E-state index contributed by atoms with van der Waals surface area (Å²) >= 11 is 5.47. The van der Waals surface area contributed by atoms with Crippen molar-refractivity contribution in [1.82, 2.24) is 9.97 Å². The molecule has 0 aliphatic heterocycles. The van der Waals surface area contributed by atoms with Gasteiger partial charge in [-0.15, -0.1) is 11.6 Å². The molecule has 0 radical (unpaired) electrons. The Morgan fingerprint density at radius 2 is 2.12 bits per heavy atom. The molecule has 0 saturated heterocycles. The van der Waals surface area contributed by atoms with E-state index in [0.717, 1.165) is 11.2 Å². The summed E-state index contributed by atoms with van der Waals surface area (Å²) < 4.78 is 38.1. The third-order valence-electron chi connectivity index (χ3n) is 1.96. The number of rotatable bonds is 5. The number of anilines is 1. The van der Waals surface area contributed by atoms with Crippen molar-refractivity contribution < 1.29 is 13.2 Å². The molecule has 0 aromatic carbocycles. The van der Waals surface area contributed by atoms with Crippen molar-refractivity contribution in [2.45, 2.75) is 13.3 Å². The average molecular weight is 254 g/mol. The molecule has 7 heteroatoms. The Hall–Kier alpha value is -1.04. The van der Waals surface area contributed by atoms with Gasteiger partial charge in [-0.1, -0.05) is 0 Å². The lowest BCUT2D eigenvalue weighted by Gasteiger charge is -2.22. The third kappa shape index (κ3) is 3.23. The molecule has 0 bridgehead atoms. The van der Waals surface area contributed by atoms with E-state index in [1.807, 2.05) is 0 Å². The molecule has 0 amide bonds. The lowest BCUT2D eigenvalue weighted by atomic mass is 10.3. The number of nitrogens with zero attached hydrogens (tertiary/aromatic N) is 3. The first kappa shape index (κ1) is 13.0. The molecule has 0 aliphatic rings. The minimum absolute atomic E-state index is 0.110. The molecule has 0 saturated carbocycles. The fourth-order valence-corrected chi connectivity index (χ4v) is 1.42. The van der Waals surface area contributed by atoms with E-state index in [1.165, 1.54) is 6.92 Å². The van der Waals surface area contributed by atoms with Gasteiger partial charge < -0.3 is 4.90 Å². The van der Waals surface area contributed by atoms with Crippen molar-refractivity contribution >= 4 is 17.4 Å². The fourth-order valence-electron chi connectivity index (χ4n) is 1.22. The van der Waals surface area contributed by atoms with Crippen molar-refractivity contribution in [3.63, 3.8) is 0 Å². The van der Waals surface area contributed by atoms with Crippen LogP contribution in [0, 0.1) is 12.7 Å². The maximum absolute atomic E-state index is 13.6. The van der Waals surface area contributed by atoms with Gasteiger partial charge in [0, 0.05) is 12.4 Å². The first-order chi connectivity index (χ1) is 7.56. The summed E-state index contributed by atoms with van der Waals surface area (Å²) in [6.07, 6.45) is -1.43. The Bertz CT molecular complexity index is 349. The largest absolute Gasteiger partial charge is 0.347 e. The van der Waals surface area contributed by atoms with Gasteiger partial charge in [0.15, 0.2) is 11.6 Å². The van der Waals surface area contributed by atoms with Gasteiger partial charge in [-0.05, 0) is 6.92 Å². The summed E-state index contributed by atoms with van der Waals surface area (Å²) in [6.45, 7) is 0.959. The van der Waals surface area contributed by atoms with Gasteiger partial charge in [0.05, 0.1) is 12.2 Å². The van der Waals surface area contributed by atoms with Crippen LogP contribution in [0.25, 0.3) is 0 Å². The smallest absolute Gasteiger partial charge is 0.255 e. The Morgan fingerprint density at radius 3 is 2.69 bits per heavy atom. The summed E-state index contributed by atoms with van der Waals surface area (Å²) in [4.78, 5) is 8.40. The molecule has 0 unspecified atom stereocenters. The maximum Gasteiger partial charge on any atom is 0.255 e. The van der Waals surface area contributed by atoms with Crippen molar-refractivity contribution in [2.75, 3.05) is 23.9 Å². The molecule has 0 spiro atoms. The van der Waals surface area contributed by atoms with E-state index in [0.29, 0.717) is 0 Å². The monoisotopic (exact) mass is 253 g/mol. The highest BCUT2D eigenvalue weighted by Crippen LogP contribution is 2.18. The zero-order chi connectivity index (χ0) is 12.1. The van der Waals surface area contributed by atoms with E-state index in [-0.39, 0.29) is 23.9 Å². The van der Waals surface area contributed by atoms with Crippen LogP contribution < -0.4 is 4.90 Å². The summed E-state index contributed by atoms with van der Waals surface area (Å²) in [7, 11) is 0. The number of aromatic nitrogens is 2. The second-order valence-corrected chi connectivity index (χ2v) is 3.50. The molecule has 3 nitrogen and oxygen atoms in total. The molecule has 0 fully saturated rings. The molecule has 1 aromatic rings. The topological polar surface area (TPSA) is 29.0 Å². The molecular formula is C9H11ClF3N3. The van der Waals surface area contributed by atoms with Gasteiger partial charge in [0.2, 0.25) is 0 Å². The van der Waals surface area contributed by atoms with Crippen molar-refractivity contribution in [3.05, 3.63) is 17.8 Å². The van der Waals surface area contributed by atoms with Crippen LogP contribution in [-0.2, 0) is 0 Å². The molecule has 0 aliphatic carbocycles. The lowest BCUT2D eigenvalue weighted by Crippen LogP contribution is -2.32. The molecule has 16 heavy (non-hydrogen) atoms. The standard InChI is InChI=1S/C9H11ClF3N3/c1-6-8(13)9(15-5-14-6)16(3-2-10)4-7(11)12/h5,7H,2-4H2,1H3. The van der Waals surface area contributed by atoms with E-state index in [2.05, 4.69) is 9.97 Å². The SMILES string of the molecule is Cc1ncnc(N(CCCl)CC(F)F)c1F. The van der Waals surface area contributed by atoms with Gasteiger partial charge in [-0.3, -0.25) is 0 Å². The number of hydrogen-bond donors (Lipinski definition) is 0. The molecular weight excluding hydrogens is 243 g/mol. The van der Waals surface area contributed by atoms with Crippen LogP contribution in [0.3, 0.4) is 0 Å². The van der Waals surface area contributed by atoms with Crippen molar-refractivity contribution in [1.29, 1.82) is 0 Å². The molecule has 1 heterocycles. The predicted molar refractivity (Wildman–Crippen MR) is 55.7 cm³/mol. The van der Waals surface area contributed by atoms with Crippen LogP contribution in [0.15, 0.2) is 6.33 Å². The average Bonchev–Trinajstić information content (AvgIpc) is 2.21. The highest BCUT2D eigenvalue weighted by molar-refractivity contribution is 6.18. The molecule has 0 N–H and O–H groups in total. The van der Waals surface area contributed by atoms with Crippen LogP contribution in [0.4, 0.5) is 19.0 Å². The number of hydrogen-bond acceptors (Lipinski definition) is 3. The van der Waals surface area contributed by atoms with Gasteiger partial charge in [0.25, 0.3) is 6.43 Å². The summed E-state index contributed by atoms with van der Waals surface area (Å²) in [5.41, 5.74) is 0.124. The molecule has 1 aromatic heterocycles. The van der Waals surface area contributed by atoms with Crippen molar-refractivity contribution in [2.24, 2.45) is 0 Å². The van der Waals surface area contributed by atoms with Gasteiger partial charge in [-0.2, -0.15) is 0 Å².